The van der Waals surface area contributed by atoms with Crippen molar-refractivity contribution in [3.8, 4) is 11.5 Å². The minimum atomic E-state index is -0.745. The average molecular weight is 364 g/mol. The Morgan fingerprint density at radius 3 is 2.28 bits per heavy atom. The maximum atomic E-state index is 12.3. The van der Waals surface area contributed by atoms with Gasteiger partial charge in [0.15, 0.2) is 6.10 Å². The van der Waals surface area contributed by atoms with Gasteiger partial charge in [0.25, 0.3) is 5.91 Å². The molecule has 0 heterocycles. The third kappa shape index (κ3) is 4.87. The zero-order chi connectivity index (χ0) is 18.4. The van der Waals surface area contributed by atoms with Crippen molar-refractivity contribution in [1.29, 1.82) is 0 Å². The van der Waals surface area contributed by atoms with Crippen molar-refractivity contribution in [1.82, 2.24) is 0 Å². The van der Waals surface area contributed by atoms with Gasteiger partial charge >= 0.3 is 5.97 Å². The smallest absolute Gasteiger partial charge is 0.339 e. The molecule has 0 bridgehead atoms. The third-order valence-corrected chi connectivity index (χ3v) is 3.71. The molecule has 2 aromatic rings. The summed E-state index contributed by atoms with van der Waals surface area (Å²) in [7, 11) is 2.83. The summed E-state index contributed by atoms with van der Waals surface area (Å²) in [5, 5.41) is 2.92. The van der Waals surface area contributed by atoms with Gasteiger partial charge in [-0.1, -0.05) is 11.6 Å². The van der Waals surface area contributed by atoms with Gasteiger partial charge in [-0.15, -0.1) is 0 Å². The fourth-order valence-corrected chi connectivity index (χ4v) is 2.22. The molecule has 0 fully saturated rings. The van der Waals surface area contributed by atoms with Crippen LogP contribution in [-0.4, -0.2) is 32.2 Å². The van der Waals surface area contributed by atoms with Gasteiger partial charge in [0.2, 0.25) is 0 Å². The van der Waals surface area contributed by atoms with Gasteiger partial charge in [0, 0.05) is 5.69 Å². The van der Waals surface area contributed by atoms with Gasteiger partial charge in [0.05, 0.1) is 24.8 Å². The number of amides is 1. The largest absolute Gasteiger partial charge is 0.497 e. The number of halogens is 1. The highest BCUT2D eigenvalue weighted by Crippen LogP contribution is 2.22. The Kier molecular flexibility index (Phi) is 6.25. The van der Waals surface area contributed by atoms with Crippen molar-refractivity contribution in [2.75, 3.05) is 19.5 Å². The van der Waals surface area contributed by atoms with Crippen LogP contribution in [0.3, 0.4) is 0 Å². The van der Waals surface area contributed by atoms with Crippen molar-refractivity contribution in [3.05, 3.63) is 53.1 Å². The van der Waals surface area contributed by atoms with Crippen LogP contribution in [0.2, 0.25) is 5.02 Å². The standard InChI is InChI=1S/C18H18ClNO5/c1-11(25-14-7-5-13(23-2)6-8-14)17(21)20-12-4-9-16(19)15(10-12)18(22)24-3/h4-11H,1-3H3,(H,20,21)/t11-/m1/s1. The Balaban J connectivity index is 2.04. The molecule has 132 valence electrons. The van der Waals surface area contributed by atoms with E-state index in [1.54, 1.807) is 44.4 Å². The molecule has 2 rings (SSSR count). The van der Waals surface area contributed by atoms with Crippen LogP contribution in [-0.2, 0) is 9.53 Å². The number of carbonyl (C=O) groups excluding carboxylic acids is 2. The first-order chi connectivity index (χ1) is 11.9. The van der Waals surface area contributed by atoms with E-state index in [1.165, 1.54) is 19.2 Å². The zero-order valence-electron chi connectivity index (χ0n) is 14.0. The van der Waals surface area contributed by atoms with Crippen LogP contribution < -0.4 is 14.8 Å². The summed E-state index contributed by atoms with van der Waals surface area (Å²) in [6.07, 6.45) is -0.745. The summed E-state index contributed by atoms with van der Waals surface area (Å²) >= 11 is 5.95. The molecule has 0 saturated carbocycles. The van der Waals surface area contributed by atoms with Crippen LogP contribution in [0, 0.1) is 0 Å². The van der Waals surface area contributed by atoms with Gasteiger partial charge in [0.1, 0.15) is 11.5 Å². The molecule has 7 heteroatoms. The Morgan fingerprint density at radius 2 is 1.68 bits per heavy atom. The number of carbonyl (C=O) groups is 2. The SMILES string of the molecule is COC(=O)c1cc(NC(=O)[C@@H](C)Oc2ccc(OC)cc2)ccc1Cl. The van der Waals surface area contributed by atoms with E-state index in [2.05, 4.69) is 10.1 Å². The van der Waals surface area contributed by atoms with Gasteiger partial charge in [-0.25, -0.2) is 4.79 Å². The zero-order valence-corrected chi connectivity index (χ0v) is 14.8. The maximum absolute atomic E-state index is 12.3. The van der Waals surface area contributed by atoms with Crippen molar-refractivity contribution in [2.24, 2.45) is 0 Å². The number of methoxy groups -OCH3 is 2. The van der Waals surface area contributed by atoms with Crippen LogP contribution in [0.15, 0.2) is 42.5 Å². The summed E-state index contributed by atoms with van der Waals surface area (Å²) in [5.74, 6) is 0.286. The number of hydrogen-bond acceptors (Lipinski definition) is 5. The molecule has 1 N–H and O–H groups in total. The topological polar surface area (TPSA) is 73.9 Å². The Hall–Kier alpha value is -2.73. The predicted octanol–water partition coefficient (Wildman–Crippen LogP) is 3.54. The van der Waals surface area contributed by atoms with Crippen LogP contribution in [0.1, 0.15) is 17.3 Å². The van der Waals surface area contributed by atoms with Crippen molar-refractivity contribution >= 4 is 29.2 Å². The first kappa shape index (κ1) is 18.6. The van der Waals surface area contributed by atoms with Crippen molar-refractivity contribution in [3.63, 3.8) is 0 Å². The molecule has 1 atom stereocenters. The molecule has 0 saturated heterocycles. The summed E-state index contributed by atoms with van der Waals surface area (Å²) in [6.45, 7) is 1.62. The normalized spacial score (nSPS) is 11.4. The molecule has 0 aliphatic heterocycles. The molecular formula is C18H18ClNO5. The molecule has 25 heavy (non-hydrogen) atoms. The van der Waals surface area contributed by atoms with Crippen LogP contribution in [0.25, 0.3) is 0 Å². The van der Waals surface area contributed by atoms with E-state index in [9.17, 15) is 9.59 Å². The van der Waals surface area contributed by atoms with Crippen LogP contribution in [0.5, 0.6) is 11.5 Å². The molecule has 1 amide bonds. The number of benzene rings is 2. The number of anilines is 1. The Morgan fingerprint density at radius 1 is 1.04 bits per heavy atom. The maximum Gasteiger partial charge on any atom is 0.339 e. The lowest BCUT2D eigenvalue weighted by Crippen LogP contribution is -2.30. The fraction of sp³-hybridized carbons (Fsp3) is 0.222. The van der Waals surface area contributed by atoms with Gasteiger partial charge in [-0.2, -0.15) is 0 Å². The van der Waals surface area contributed by atoms with Gasteiger partial charge < -0.3 is 19.5 Å². The van der Waals surface area contributed by atoms with E-state index in [-0.39, 0.29) is 16.5 Å². The Labute approximate surface area is 150 Å². The monoisotopic (exact) mass is 363 g/mol. The Bertz CT molecular complexity index is 761. The van der Waals surface area contributed by atoms with E-state index in [0.29, 0.717) is 17.2 Å². The summed E-state index contributed by atoms with van der Waals surface area (Å²) in [6, 6.07) is 11.4. The van der Waals surface area contributed by atoms with Crippen molar-refractivity contribution < 1.29 is 23.8 Å². The number of hydrogen-bond donors (Lipinski definition) is 1. The summed E-state index contributed by atoms with van der Waals surface area (Å²) in [4.78, 5) is 23.9. The molecule has 0 spiro atoms. The molecular weight excluding hydrogens is 346 g/mol. The highest BCUT2D eigenvalue weighted by molar-refractivity contribution is 6.33. The second kappa shape index (κ2) is 8.39. The predicted molar refractivity (Wildman–Crippen MR) is 94.5 cm³/mol. The lowest BCUT2D eigenvalue weighted by Gasteiger charge is -2.15. The number of esters is 1. The molecule has 6 nitrogen and oxygen atoms in total. The first-order valence-electron chi connectivity index (χ1n) is 7.44. The lowest BCUT2D eigenvalue weighted by atomic mass is 10.2. The summed E-state index contributed by atoms with van der Waals surface area (Å²) in [5.41, 5.74) is 0.589. The molecule has 0 unspecified atom stereocenters. The third-order valence-electron chi connectivity index (χ3n) is 3.38. The molecule has 0 aliphatic carbocycles. The molecule has 0 aromatic heterocycles. The second-order valence-electron chi connectivity index (χ2n) is 5.11. The van der Waals surface area contributed by atoms with Gasteiger partial charge in [-0.3, -0.25) is 4.79 Å². The lowest BCUT2D eigenvalue weighted by molar-refractivity contribution is -0.122. The van der Waals surface area contributed by atoms with E-state index in [0.717, 1.165) is 0 Å². The van der Waals surface area contributed by atoms with E-state index in [1.807, 2.05) is 0 Å². The minimum Gasteiger partial charge on any atom is -0.497 e. The number of ether oxygens (including phenoxy) is 3. The van der Waals surface area contributed by atoms with E-state index >= 15 is 0 Å². The number of rotatable bonds is 6. The quantitative estimate of drug-likeness (QED) is 0.794. The fourth-order valence-electron chi connectivity index (χ4n) is 2.03. The average Bonchev–Trinajstić information content (AvgIpc) is 2.63. The van der Waals surface area contributed by atoms with E-state index in [4.69, 9.17) is 21.1 Å². The summed E-state index contributed by atoms with van der Waals surface area (Å²) < 4.78 is 15.3. The first-order valence-corrected chi connectivity index (χ1v) is 7.82. The molecule has 0 radical (unpaired) electrons. The highest BCUT2D eigenvalue weighted by atomic mass is 35.5. The van der Waals surface area contributed by atoms with Gasteiger partial charge in [-0.05, 0) is 49.4 Å². The minimum absolute atomic E-state index is 0.172. The van der Waals surface area contributed by atoms with Crippen molar-refractivity contribution in [2.45, 2.75) is 13.0 Å². The molecule has 0 aliphatic rings. The molecule has 2 aromatic carbocycles. The van der Waals surface area contributed by atoms with Crippen LogP contribution >= 0.6 is 11.6 Å². The van der Waals surface area contributed by atoms with Crippen LogP contribution in [0.4, 0.5) is 5.69 Å². The second-order valence-corrected chi connectivity index (χ2v) is 5.52. The van der Waals surface area contributed by atoms with E-state index < -0.39 is 12.1 Å². The highest BCUT2D eigenvalue weighted by Gasteiger charge is 2.17. The number of nitrogens with one attached hydrogen (secondary N) is 1.